The molecule has 1 amide bonds. The number of nitrogens with two attached hydrogens (primary N) is 1. The molecular weight excluding hydrogens is 302 g/mol. The van der Waals surface area contributed by atoms with Crippen molar-refractivity contribution in [2.45, 2.75) is 18.4 Å². The molecule has 0 atom stereocenters. The molecule has 0 bridgehead atoms. The third kappa shape index (κ3) is 3.51. The summed E-state index contributed by atoms with van der Waals surface area (Å²) in [6.07, 6.45) is 1.96. The SMILES string of the molecule is CNC(=O)c1sc(NCc2cccc(C)c2)c(SC)c1N. The monoisotopic (exact) mass is 321 g/mol. The van der Waals surface area contributed by atoms with E-state index in [0.717, 1.165) is 9.90 Å². The van der Waals surface area contributed by atoms with E-state index in [1.807, 2.05) is 12.3 Å². The molecule has 0 unspecified atom stereocenters. The predicted molar refractivity (Wildman–Crippen MR) is 92.4 cm³/mol. The molecule has 0 saturated carbocycles. The number of nitrogen functional groups attached to an aromatic ring is 1. The number of aryl methyl sites for hydroxylation is 1. The highest BCUT2D eigenvalue weighted by molar-refractivity contribution is 7.99. The number of rotatable bonds is 5. The Kier molecular flexibility index (Phi) is 5.14. The van der Waals surface area contributed by atoms with E-state index in [9.17, 15) is 4.79 Å². The Hall–Kier alpha value is -1.66. The number of thioether (sulfide) groups is 1. The summed E-state index contributed by atoms with van der Waals surface area (Å²) < 4.78 is 0. The standard InChI is InChI=1S/C15H19N3OS2/c1-9-5-4-6-10(7-9)8-18-15-13(20-3)11(16)12(21-15)14(19)17-2/h4-7,18H,8,16H2,1-3H3,(H,17,19). The minimum Gasteiger partial charge on any atom is -0.396 e. The summed E-state index contributed by atoms with van der Waals surface area (Å²) in [5.74, 6) is -0.142. The zero-order valence-electron chi connectivity index (χ0n) is 12.3. The van der Waals surface area contributed by atoms with Gasteiger partial charge in [0.05, 0.1) is 10.6 Å². The quantitative estimate of drug-likeness (QED) is 0.739. The van der Waals surface area contributed by atoms with Crippen LogP contribution in [0.2, 0.25) is 0 Å². The van der Waals surface area contributed by atoms with Crippen LogP contribution in [0.15, 0.2) is 29.2 Å². The average Bonchev–Trinajstić information content (AvgIpc) is 2.80. The van der Waals surface area contributed by atoms with Crippen LogP contribution >= 0.6 is 23.1 Å². The van der Waals surface area contributed by atoms with Gasteiger partial charge in [0.2, 0.25) is 0 Å². The van der Waals surface area contributed by atoms with Gasteiger partial charge in [0.15, 0.2) is 0 Å². The van der Waals surface area contributed by atoms with Gasteiger partial charge in [0.1, 0.15) is 9.88 Å². The van der Waals surface area contributed by atoms with Crippen LogP contribution in [0, 0.1) is 6.92 Å². The third-order valence-electron chi connectivity index (χ3n) is 3.07. The lowest BCUT2D eigenvalue weighted by Crippen LogP contribution is -2.17. The Morgan fingerprint density at radius 3 is 2.81 bits per heavy atom. The number of carbonyl (C=O) groups is 1. The van der Waals surface area contributed by atoms with Crippen LogP contribution in [0.4, 0.5) is 10.7 Å². The summed E-state index contributed by atoms with van der Waals surface area (Å²) in [6.45, 7) is 2.78. The van der Waals surface area contributed by atoms with E-state index in [2.05, 4.69) is 35.8 Å². The van der Waals surface area contributed by atoms with Gasteiger partial charge in [-0.15, -0.1) is 23.1 Å². The molecule has 0 fully saturated rings. The van der Waals surface area contributed by atoms with E-state index in [4.69, 9.17) is 5.73 Å². The van der Waals surface area contributed by atoms with Gasteiger partial charge in [-0.1, -0.05) is 29.8 Å². The van der Waals surface area contributed by atoms with Crippen molar-refractivity contribution in [1.82, 2.24) is 5.32 Å². The molecule has 0 aliphatic carbocycles. The molecule has 2 rings (SSSR count). The third-order valence-corrected chi connectivity index (χ3v) is 5.20. The van der Waals surface area contributed by atoms with Gasteiger partial charge >= 0.3 is 0 Å². The van der Waals surface area contributed by atoms with E-state index in [-0.39, 0.29) is 5.91 Å². The maximum Gasteiger partial charge on any atom is 0.263 e. The zero-order chi connectivity index (χ0) is 15.4. The minimum atomic E-state index is -0.142. The van der Waals surface area contributed by atoms with Crippen LogP contribution in [-0.4, -0.2) is 19.2 Å². The minimum absolute atomic E-state index is 0.142. The number of nitrogens with one attached hydrogen (secondary N) is 2. The number of carbonyl (C=O) groups excluding carboxylic acids is 1. The fraction of sp³-hybridized carbons (Fsp3) is 0.267. The molecule has 0 spiro atoms. The molecule has 1 aromatic heterocycles. The lowest BCUT2D eigenvalue weighted by Gasteiger charge is -2.07. The first-order valence-electron chi connectivity index (χ1n) is 6.54. The van der Waals surface area contributed by atoms with Gasteiger partial charge in [-0.2, -0.15) is 0 Å². The van der Waals surface area contributed by atoms with Gasteiger partial charge < -0.3 is 16.4 Å². The maximum absolute atomic E-state index is 11.8. The second kappa shape index (κ2) is 6.87. The van der Waals surface area contributed by atoms with Gasteiger partial charge in [-0.3, -0.25) is 4.79 Å². The molecule has 4 N–H and O–H groups in total. The lowest BCUT2D eigenvalue weighted by atomic mass is 10.1. The topological polar surface area (TPSA) is 67.2 Å². The van der Waals surface area contributed by atoms with Crippen molar-refractivity contribution in [2.24, 2.45) is 0 Å². The number of amides is 1. The Morgan fingerprint density at radius 1 is 1.43 bits per heavy atom. The van der Waals surface area contributed by atoms with E-state index in [1.165, 1.54) is 22.5 Å². The van der Waals surface area contributed by atoms with Crippen LogP contribution in [0.1, 0.15) is 20.8 Å². The summed E-state index contributed by atoms with van der Waals surface area (Å²) in [5, 5.41) is 6.95. The average molecular weight is 321 g/mol. The van der Waals surface area contributed by atoms with Crippen molar-refractivity contribution in [2.75, 3.05) is 24.4 Å². The van der Waals surface area contributed by atoms with Crippen molar-refractivity contribution >= 4 is 39.7 Å². The smallest absolute Gasteiger partial charge is 0.263 e. The van der Waals surface area contributed by atoms with Crippen LogP contribution in [0.3, 0.4) is 0 Å². The lowest BCUT2D eigenvalue weighted by molar-refractivity contribution is 0.0968. The second-order valence-electron chi connectivity index (χ2n) is 4.63. The van der Waals surface area contributed by atoms with E-state index < -0.39 is 0 Å². The van der Waals surface area contributed by atoms with Crippen LogP contribution < -0.4 is 16.4 Å². The Labute approximate surface area is 133 Å². The molecule has 2 aromatic rings. The predicted octanol–water partition coefficient (Wildman–Crippen LogP) is 3.33. The molecule has 0 aliphatic rings. The Morgan fingerprint density at radius 2 is 2.19 bits per heavy atom. The van der Waals surface area contributed by atoms with Crippen molar-refractivity contribution < 1.29 is 4.79 Å². The fourth-order valence-corrected chi connectivity index (χ4v) is 4.01. The number of hydrogen-bond acceptors (Lipinski definition) is 5. The Bertz CT molecular complexity index is 652. The normalized spacial score (nSPS) is 10.4. The summed E-state index contributed by atoms with van der Waals surface area (Å²) in [6, 6.07) is 8.34. The first kappa shape index (κ1) is 15.7. The molecule has 112 valence electrons. The van der Waals surface area contributed by atoms with Gasteiger partial charge in [-0.25, -0.2) is 0 Å². The molecule has 1 heterocycles. The molecule has 0 radical (unpaired) electrons. The highest BCUT2D eigenvalue weighted by Gasteiger charge is 2.19. The van der Waals surface area contributed by atoms with Gasteiger partial charge in [0.25, 0.3) is 5.91 Å². The maximum atomic E-state index is 11.8. The van der Waals surface area contributed by atoms with Gasteiger partial charge in [-0.05, 0) is 18.7 Å². The molecule has 4 nitrogen and oxygen atoms in total. The van der Waals surface area contributed by atoms with Crippen LogP contribution in [0.25, 0.3) is 0 Å². The summed E-state index contributed by atoms with van der Waals surface area (Å²) >= 11 is 2.95. The molecule has 6 heteroatoms. The van der Waals surface area contributed by atoms with Gasteiger partial charge in [0, 0.05) is 13.6 Å². The first-order chi connectivity index (χ1) is 10.1. The summed E-state index contributed by atoms with van der Waals surface area (Å²) in [7, 11) is 1.61. The number of anilines is 2. The fourth-order valence-electron chi connectivity index (χ4n) is 2.03. The van der Waals surface area contributed by atoms with E-state index in [1.54, 1.807) is 18.8 Å². The second-order valence-corrected chi connectivity index (χ2v) is 6.47. The molecular formula is C15H19N3OS2. The molecule has 0 saturated heterocycles. The number of benzene rings is 1. The zero-order valence-corrected chi connectivity index (χ0v) is 14.0. The largest absolute Gasteiger partial charge is 0.396 e. The van der Waals surface area contributed by atoms with E-state index >= 15 is 0 Å². The Balaban J connectivity index is 2.21. The highest BCUT2D eigenvalue weighted by Crippen LogP contribution is 2.41. The molecule has 1 aromatic carbocycles. The molecule has 0 aliphatic heterocycles. The number of hydrogen-bond donors (Lipinski definition) is 3. The van der Waals surface area contributed by atoms with Crippen molar-refractivity contribution in [3.05, 3.63) is 40.3 Å². The first-order valence-corrected chi connectivity index (χ1v) is 8.58. The number of thiophene rings is 1. The summed E-state index contributed by atoms with van der Waals surface area (Å²) in [5.41, 5.74) is 9.06. The van der Waals surface area contributed by atoms with Crippen molar-refractivity contribution in [3.63, 3.8) is 0 Å². The van der Waals surface area contributed by atoms with Crippen LogP contribution in [0.5, 0.6) is 0 Å². The van der Waals surface area contributed by atoms with Crippen molar-refractivity contribution in [3.8, 4) is 0 Å². The summed E-state index contributed by atoms with van der Waals surface area (Å²) in [4.78, 5) is 13.3. The highest BCUT2D eigenvalue weighted by atomic mass is 32.2. The van der Waals surface area contributed by atoms with Crippen LogP contribution in [-0.2, 0) is 6.54 Å². The van der Waals surface area contributed by atoms with Crippen molar-refractivity contribution in [1.29, 1.82) is 0 Å². The molecule has 21 heavy (non-hydrogen) atoms. The van der Waals surface area contributed by atoms with E-state index in [0.29, 0.717) is 17.1 Å².